The minimum atomic E-state index is -1.91. The van der Waals surface area contributed by atoms with Crippen molar-refractivity contribution >= 4 is 73.5 Å². The summed E-state index contributed by atoms with van der Waals surface area (Å²) in [5.41, 5.74) is 0.197. The summed E-state index contributed by atoms with van der Waals surface area (Å²) in [5.74, 6) is -2.94. The Balaban J connectivity index is 0.000000191. The van der Waals surface area contributed by atoms with Crippen molar-refractivity contribution in [3.63, 3.8) is 0 Å². The molecule has 4 nitrogen and oxygen atoms in total. The summed E-state index contributed by atoms with van der Waals surface area (Å²) in [4.78, 5) is 20.4. The van der Waals surface area contributed by atoms with Crippen molar-refractivity contribution in [2.75, 3.05) is 0 Å². The van der Waals surface area contributed by atoms with Crippen LogP contribution in [0, 0.1) is 11.6 Å². The summed E-state index contributed by atoms with van der Waals surface area (Å²) in [6.07, 6.45) is 0. The zero-order valence-corrected chi connectivity index (χ0v) is 29.9. The van der Waals surface area contributed by atoms with Crippen LogP contribution < -0.4 is 10.4 Å². The first-order valence-corrected chi connectivity index (χ1v) is 18.7. The molecule has 0 radical (unpaired) electrons. The maximum absolute atomic E-state index is 12.2. The second kappa shape index (κ2) is 15.1. The van der Waals surface area contributed by atoms with E-state index in [0.29, 0.717) is 0 Å². The first-order valence-electron chi connectivity index (χ1n) is 15.7. The number of carboxylic acid groups (broad SMARTS) is 2. The standard InChI is InChI=1S/C28H22Si.2C7H5FO2.Ti/c1-29(2,27-15-7-13-23-21-11-5-3-9-19(21)17-25(23)27)28-16-8-14-24-22-12-6-4-10-20(22)18-26(24)28;2*8-6-3-1-5(2-4-6)7(9)10;/h3-18H,1-2H3;2*1-4H,(H,9,10);/q-2;;;+2. The molecule has 8 aromatic carbocycles. The Kier molecular flexibility index (Phi) is 10.9. The Bertz CT molecular complexity index is 2270. The average Bonchev–Trinajstić information content (AvgIpc) is 3.68. The molecule has 0 saturated carbocycles. The number of benzene rings is 6. The van der Waals surface area contributed by atoms with Gasteiger partial charge in [-0.2, -0.15) is 0 Å². The topological polar surface area (TPSA) is 74.6 Å². The van der Waals surface area contributed by atoms with E-state index in [2.05, 4.69) is 110 Å². The van der Waals surface area contributed by atoms with Crippen molar-refractivity contribution in [3.05, 3.63) is 168 Å². The largest absolute Gasteiger partial charge is 2.00 e. The third kappa shape index (κ3) is 7.36. The van der Waals surface area contributed by atoms with Gasteiger partial charge in [0.05, 0.1) is 11.1 Å². The van der Waals surface area contributed by atoms with Crippen molar-refractivity contribution in [1.29, 1.82) is 0 Å². The van der Waals surface area contributed by atoms with Gasteiger partial charge in [-0.25, -0.2) is 18.4 Å². The zero-order valence-electron chi connectivity index (χ0n) is 27.3. The normalized spacial score (nSPS) is 11.0. The van der Waals surface area contributed by atoms with Gasteiger partial charge in [-0.05, 0) is 48.5 Å². The predicted molar refractivity (Wildman–Crippen MR) is 198 cm³/mol. The number of hydrogen-bond acceptors (Lipinski definition) is 2. The molecule has 0 atom stereocenters. The third-order valence-corrected chi connectivity index (χ3v) is 12.4. The zero-order chi connectivity index (χ0) is 34.7. The first kappa shape index (κ1) is 36.1. The SMILES string of the molecule is C[Si](C)(c1cccc2c1[cH-]c1ccccc12)c1cccc2c1[cH-]c1ccccc12.O=C(O)c1ccc(F)cc1.O=C(O)c1ccc(F)cc1.[Ti+2]. The quantitative estimate of drug-likeness (QED) is 0.141. The Labute approximate surface area is 303 Å². The van der Waals surface area contributed by atoms with Gasteiger partial charge in [-0.1, -0.05) is 85.9 Å². The molecule has 0 bridgehead atoms. The van der Waals surface area contributed by atoms with Crippen LogP contribution in [-0.2, 0) is 21.7 Å². The number of halogens is 2. The molecule has 0 amide bonds. The van der Waals surface area contributed by atoms with E-state index in [1.807, 2.05) is 0 Å². The van der Waals surface area contributed by atoms with Crippen LogP contribution in [0.15, 0.2) is 146 Å². The van der Waals surface area contributed by atoms with E-state index in [1.165, 1.54) is 77.7 Å². The second-order valence-corrected chi connectivity index (χ2v) is 16.6. The maximum Gasteiger partial charge on any atom is 2.00 e. The van der Waals surface area contributed by atoms with Gasteiger partial charge in [0.15, 0.2) is 0 Å². The van der Waals surface area contributed by atoms with E-state index < -0.39 is 31.6 Å². The summed E-state index contributed by atoms with van der Waals surface area (Å²) in [5, 5.41) is 30.8. The molecule has 0 saturated heterocycles. The Morgan fingerprint density at radius 1 is 0.500 bits per heavy atom. The van der Waals surface area contributed by atoms with E-state index in [9.17, 15) is 18.4 Å². The van der Waals surface area contributed by atoms with Crippen molar-refractivity contribution in [3.8, 4) is 0 Å². The van der Waals surface area contributed by atoms with Gasteiger partial charge >= 0.3 is 33.7 Å². The number of rotatable bonds is 4. The minimum absolute atomic E-state index is 0. The molecule has 8 rings (SSSR count). The van der Waals surface area contributed by atoms with Crippen LogP contribution in [0.25, 0.3) is 43.1 Å². The van der Waals surface area contributed by atoms with Crippen LogP contribution in [0.1, 0.15) is 20.7 Å². The molecule has 8 aromatic rings. The number of fused-ring (bicyclic) bond motifs is 6. The molecule has 0 fully saturated rings. The maximum atomic E-state index is 12.2. The molecular formula is C42H32F2O4SiTi. The first-order chi connectivity index (χ1) is 23.5. The van der Waals surface area contributed by atoms with Crippen LogP contribution in [-0.4, -0.2) is 30.2 Å². The van der Waals surface area contributed by atoms with Crippen molar-refractivity contribution in [2.45, 2.75) is 13.1 Å². The van der Waals surface area contributed by atoms with Crippen molar-refractivity contribution in [1.82, 2.24) is 0 Å². The summed E-state index contributed by atoms with van der Waals surface area (Å²) >= 11 is 0. The Hall–Kier alpha value is -5.21. The molecule has 50 heavy (non-hydrogen) atoms. The fraction of sp³-hybridized carbons (Fsp3) is 0.0476. The van der Waals surface area contributed by atoms with Gasteiger partial charge < -0.3 is 10.2 Å². The summed E-state index contributed by atoms with van der Waals surface area (Å²) in [6, 6.07) is 45.5. The molecule has 8 heteroatoms. The Morgan fingerprint density at radius 2 is 0.840 bits per heavy atom. The molecule has 0 aliphatic rings. The number of carboxylic acids is 2. The molecule has 0 aliphatic heterocycles. The monoisotopic (exact) mass is 714 g/mol. The van der Waals surface area contributed by atoms with Crippen LogP contribution >= 0.6 is 0 Å². The van der Waals surface area contributed by atoms with Gasteiger partial charge in [0, 0.05) is 8.07 Å². The van der Waals surface area contributed by atoms with Gasteiger partial charge in [-0.15, -0.1) is 77.7 Å². The van der Waals surface area contributed by atoms with Gasteiger partial charge in [0.1, 0.15) is 11.6 Å². The number of carbonyl (C=O) groups is 2. The van der Waals surface area contributed by atoms with Crippen molar-refractivity contribution in [2.24, 2.45) is 0 Å². The average molecular weight is 715 g/mol. The predicted octanol–water partition coefficient (Wildman–Crippen LogP) is 9.61. The minimum Gasteiger partial charge on any atom is -0.478 e. The van der Waals surface area contributed by atoms with E-state index >= 15 is 0 Å². The second-order valence-electron chi connectivity index (χ2n) is 12.2. The number of hydrogen-bond donors (Lipinski definition) is 2. The summed E-state index contributed by atoms with van der Waals surface area (Å²) in [6.45, 7) is 5.01. The third-order valence-electron chi connectivity index (χ3n) is 8.84. The molecule has 246 valence electrons. The van der Waals surface area contributed by atoms with Gasteiger partial charge in [-0.3, -0.25) is 0 Å². The molecular weight excluding hydrogens is 682 g/mol. The van der Waals surface area contributed by atoms with Crippen LogP contribution in [0.2, 0.25) is 13.1 Å². The Morgan fingerprint density at radius 3 is 1.20 bits per heavy atom. The summed E-state index contributed by atoms with van der Waals surface area (Å²) in [7, 11) is -1.91. The molecule has 0 spiro atoms. The fourth-order valence-corrected chi connectivity index (χ4v) is 9.45. The smallest absolute Gasteiger partial charge is 0.478 e. The molecule has 0 heterocycles. The molecule has 0 unspecified atom stereocenters. The van der Waals surface area contributed by atoms with Crippen LogP contribution in [0.3, 0.4) is 0 Å². The van der Waals surface area contributed by atoms with E-state index in [0.717, 1.165) is 24.3 Å². The fourth-order valence-electron chi connectivity index (χ4n) is 6.38. The summed E-state index contributed by atoms with van der Waals surface area (Å²) < 4.78 is 24.3. The molecule has 0 aromatic heterocycles. The van der Waals surface area contributed by atoms with Gasteiger partial charge in [0.25, 0.3) is 0 Å². The number of aromatic carboxylic acids is 2. The van der Waals surface area contributed by atoms with E-state index in [-0.39, 0.29) is 32.8 Å². The molecule has 0 aliphatic carbocycles. The van der Waals surface area contributed by atoms with Crippen LogP contribution in [0.4, 0.5) is 8.78 Å². The van der Waals surface area contributed by atoms with Crippen molar-refractivity contribution < 1.29 is 50.3 Å². The van der Waals surface area contributed by atoms with Gasteiger partial charge in [0.2, 0.25) is 0 Å². The van der Waals surface area contributed by atoms with Crippen LogP contribution in [0.5, 0.6) is 0 Å². The molecule has 2 N–H and O–H groups in total. The van der Waals surface area contributed by atoms with E-state index in [4.69, 9.17) is 10.2 Å². The van der Waals surface area contributed by atoms with E-state index in [1.54, 1.807) is 0 Å².